The summed E-state index contributed by atoms with van der Waals surface area (Å²) in [6, 6.07) is 5.75. The molecule has 2 aliphatic heterocycles. The van der Waals surface area contributed by atoms with Gasteiger partial charge in [0.25, 0.3) is 0 Å². The van der Waals surface area contributed by atoms with Crippen LogP contribution in [-0.2, 0) is 19.6 Å². The van der Waals surface area contributed by atoms with Crippen LogP contribution in [0.25, 0.3) is 0 Å². The number of hydrogen-bond acceptors (Lipinski definition) is 5. The lowest BCUT2D eigenvalue weighted by Crippen LogP contribution is -2.60. The molecule has 26 heavy (non-hydrogen) atoms. The lowest BCUT2D eigenvalue weighted by molar-refractivity contribution is -0.140. The second-order valence-corrected chi connectivity index (χ2v) is 8.57. The maximum Gasteiger partial charge on any atom is 0.243 e. The molecule has 0 unspecified atom stereocenters. The molecule has 0 aliphatic carbocycles. The zero-order valence-corrected chi connectivity index (χ0v) is 16.8. The first-order valence-corrected chi connectivity index (χ1v) is 10.1. The van der Waals surface area contributed by atoms with Crippen molar-refractivity contribution >= 4 is 39.9 Å². The van der Waals surface area contributed by atoms with E-state index in [1.165, 1.54) is 16.4 Å². The number of carbonyl (C=O) groups is 1. The summed E-state index contributed by atoms with van der Waals surface area (Å²) in [5, 5.41) is 3.67. The van der Waals surface area contributed by atoms with Gasteiger partial charge in [-0.05, 0) is 31.2 Å². The van der Waals surface area contributed by atoms with Gasteiger partial charge in [0.1, 0.15) is 6.04 Å². The number of nitrogens with one attached hydrogen (secondary N) is 1. The zero-order valence-electron chi connectivity index (χ0n) is 14.4. The van der Waals surface area contributed by atoms with E-state index in [4.69, 9.17) is 16.3 Å². The molecule has 1 aromatic carbocycles. The largest absolute Gasteiger partial charge is 0.375 e. The quantitative estimate of drug-likeness (QED) is 0.783. The summed E-state index contributed by atoms with van der Waals surface area (Å²) in [5.41, 5.74) is 0. The number of ether oxygens (including phenoxy) is 1. The van der Waals surface area contributed by atoms with Crippen molar-refractivity contribution in [3.05, 3.63) is 29.3 Å². The van der Waals surface area contributed by atoms with E-state index < -0.39 is 10.0 Å². The summed E-state index contributed by atoms with van der Waals surface area (Å²) in [4.78, 5) is 14.5. The Kier molecular flexibility index (Phi) is 7.29. The number of sulfonamides is 1. The number of morpholine rings is 1. The molecule has 0 radical (unpaired) electrons. The topological polar surface area (TPSA) is 79.0 Å². The Morgan fingerprint density at radius 3 is 2.38 bits per heavy atom. The summed E-state index contributed by atoms with van der Waals surface area (Å²) in [6.45, 7) is 4.41. The minimum absolute atomic E-state index is 0. The maximum atomic E-state index is 12.7. The molecular weight excluding hydrogens is 401 g/mol. The van der Waals surface area contributed by atoms with Gasteiger partial charge in [0.2, 0.25) is 15.9 Å². The molecule has 1 aromatic rings. The van der Waals surface area contributed by atoms with Crippen LogP contribution in [0.5, 0.6) is 0 Å². The first kappa shape index (κ1) is 21.4. The molecule has 2 aliphatic rings. The van der Waals surface area contributed by atoms with Crippen LogP contribution in [0.4, 0.5) is 0 Å². The van der Waals surface area contributed by atoms with Gasteiger partial charge < -0.3 is 15.0 Å². The van der Waals surface area contributed by atoms with Crippen molar-refractivity contribution in [1.29, 1.82) is 0 Å². The highest BCUT2D eigenvalue weighted by Gasteiger charge is 2.35. The highest BCUT2D eigenvalue weighted by molar-refractivity contribution is 7.89. The second-order valence-electron chi connectivity index (χ2n) is 6.19. The van der Waals surface area contributed by atoms with Crippen molar-refractivity contribution in [3.8, 4) is 0 Å². The average molecular weight is 424 g/mol. The Bertz CT molecular complexity index is 722. The Balaban J connectivity index is 0.00000243. The van der Waals surface area contributed by atoms with E-state index in [0.29, 0.717) is 31.3 Å². The molecule has 0 aromatic heterocycles. The minimum Gasteiger partial charge on any atom is -0.375 e. The number of hydrogen-bond donors (Lipinski definition) is 1. The predicted molar refractivity (Wildman–Crippen MR) is 101 cm³/mol. The van der Waals surface area contributed by atoms with Crippen molar-refractivity contribution in [2.75, 3.05) is 39.3 Å². The van der Waals surface area contributed by atoms with Gasteiger partial charge in [-0.3, -0.25) is 4.79 Å². The zero-order chi connectivity index (χ0) is 18.0. The van der Waals surface area contributed by atoms with E-state index in [9.17, 15) is 13.2 Å². The molecule has 0 spiro atoms. The van der Waals surface area contributed by atoms with Gasteiger partial charge in [0, 0.05) is 37.7 Å². The number of amides is 1. The van der Waals surface area contributed by atoms with Crippen molar-refractivity contribution in [2.24, 2.45) is 0 Å². The van der Waals surface area contributed by atoms with E-state index >= 15 is 0 Å². The number of benzene rings is 1. The fourth-order valence-corrected chi connectivity index (χ4v) is 4.66. The molecule has 1 N–H and O–H groups in total. The first-order valence-electron chi connectivity index (χ1n) is 8.29. The standard InChI is InChI=1S/C16H22ClN3O4S.ClH/c1-12-15(18-6-11-24-12)16(21)19-7-9-20(10-8-19)25(22,23)14-4-2-13(17)3-5-14;/h2-5,12,15,18H,6-11H2,1H3;1H/t12-,15+;/m1./s1. The summed E-state index contributed by atoms with van der Waals surface area (Å²) in [7, 11) is -3.57. The molecule has 1 amide bonds. The molecule has 10 heteroatoms. The highest BCUT2D eigenvalue weighted by atomic mass is 35.5. The van der Waals surface area contributed by atoms with Crippen LogP contribution in [0.15, 0.2) is 29.2 Å². The predicted octanol–water partition coefficient (Wildman–Crippen LogP) is 0.972. The Morgan fingerprint density at radius 1 is 1.19 bits per heavy atom. The lowest BCUT2D eigenvalue weighted by atomic mass is 10.1. The number of nitrogens with zero attached hydrogens (tertiary/aromatic N) is 2. The smallest absolute Gasteiger partial charge is 0.243 e. The van der Waals surface area contributed by atoms with Crippen molar-refractivity contribution in [1.82, 2.24) is 14.5 Å². The Hall–Kier alpha value is -0.900. The molecule has 146 valence electrons. The molecule has 0 bridgehead atoms. The molecule has 2 fully saturated rings. The molecule has 0 saturated carbocycles. The van der Waals surface area contributed by atoms with E-state index in [-0.39, 0.29) is 48.4 Å². The van der Waals surface area contributed by atoms with E-state index in [0.717, 1.165) is 0 Å². The molecule has 2 saturated heterocycles. The van der Waals surface area contributed by atoms with Crippen molar-refractivity contribution < 1.29 is 17.9 Å². The summed E-state index contributed by atoms with van der Waals surface area (Å²) in [6.07, 6.45) is -0.183. The summed E-state index contributed by atoms with van der Waals surface area (Å²) in [5.74, 6) is -0.0317. The molecule has 2 atom stereocenters. The third kappa shape index (κ3) is 4.49. The van der Waals surface area contributed by atoms with Crippen LogP contribution < -0.4 is 5.32 Å². The molecule has 3 rings (SSSR count). The van der Waals surface area contributed by atoms with Crippen molar-refractivity contribution in [2.45, 2.75) is 24.0 Å². The number of rotatable bonds is 3. The van der Waals surface area contributed by atoms with Gasteiger partial charge in [-0.2, -0.15) is 4.31 Å². The third-order valence-corrected chi connectivity index (χ3v) is 6.75. The number of carbonyl (C=O) groups excluding carboxylic acids is 1. The highest BCUT2D eigenvalue weighted by Crippen LogP contribution is 2.20. The average Bonchev–Trinajstić information content (AvgIpc) is 2.62. The number of halogens is 2. The van der Waals surface area contributed by atoms with E-state index in [2.05, 4.69) is 5.32 Å². The fourth-order valence-electron chi connectivity index (χ4n) is 3.11. The van der Waals surface area contributed by atoms with Crippen molar-refractivity contribution in [3.63, 3.8) is 0 Å². The summed E-state index contributed by atoms with van der Waals surface area (Å²) < 4.78 is 32.3. The number of piperazine rings is 1. The third-order valence-electron chi connectivity index (χ3n) is 4.58. The van der Waals surface area contributed by atoms with Gasteiger partial charge in [-0.25, -0.2) is 8.42 Å². The van der Waals surface area contributed by atoms with E-state index in [1.54, 1.807) is 17.0 Å². The lowest BCUT2D eigenvalue weighted by Gasteiger charge is -2.38. The Morgan fingerprint density at radius 2 is 1.81 bits per heavy atom. The monoisotopic (exact) mass is 423 g/mol. The van der Waals surface area contributed by atoms with Crippen LogP contribution in [0.3, 0.4) is 0 Å². The Labute approximate surface area is 165 Å². The van der Waals surface area contributed by atoms with Crippen LogP contribution >= 0.6 is 24.0 Å². The van der Waals surface area contributed by atoms with Crippen LogP contribution in [-0.4, -0.2) is 75.0 Å². The maximum absolute atomic E-state index is 12.7. The minimum atomic E-state index is -3.57. The van der Waals surface area contributed by atoms with Gasteiger partial charge in [-0.15, -0.1) is 12.4 Å². The van der Waals surface area contributed by atoms with Crippen LogP contribution in [0, 0.1) is 0 Å². The van der Waals surface area contributed by atoms with E-state index in [1.807, 2.05) is 6.92 Å². The molecular formula is C16H23Cl2N3O4S. The van der Waals surface area contributed by atoms with Gasteiger partial charge in [0.15, 0.2) is 0 Å². The van der Waals surface area contributed by atoms with Crippen LogP contribution in [0.2, 0.25) is 5.02 Å². The summed E-state index contributed by atoms with van der Waals surface area (Å²) >= 11 is 5.82. The van der Waals surface area contributed by atoms with Gasteiger partial charge in [0.05, 0.1) is 17.6 Å². The second kappa shape index (κ2) is 8.86. The van der Waals surface area contributed by atoms with Gasteiger partial charge >= 0.3 is 0 Å². The fraction of sp³-hybridized carbons (Fsp3) is 0.562. The SMILES string of the molecule is C[C@H]1OCCN[C@@H]1C(=O)N1CCN(S(=O)(=O)c2ccc(Cl)cc2)CC1.Cl. The normalized spacial score (nSPS) is 24.8. The van der Waals surface area contributed by atoms with Gasteiger partial charge in [-0.1, -0.05) is 11.6 Å². The van der Waals surface area contributed by atoms with Crippen LogP contribution in [0.1, 0.15) is 6.92 Å². The molecule has 7 nitrogen and oxygen atoms in total. The molecule has 2 heterocycles. The first-order chi connectivity index (χ1) is 11.9.